The highest BCUT2D eigenvalue weighted by Crippen LogP contribution is 2.32. The number of hydrogen-bond donors (Lipinski definition) is 0. The summed E-state index contributed by atoms with van der Waals surface area (Å²) in [4.78, 5) is 28.6. The molecule has 0 amide bonds. The minimum Gasteiger partial charge on any atom is -0.494 e. The third-order valence-electron chi connectivity index (χ3n) is 12.2. The Kier molecular flexibility index (Phi) is 22.7. The van der Waals surface area contributed by atoms with E-state index in [9.17, 15) is 9.59 Å². The van der Waals surface area contributed by atoms with E-state index in [1.807, 2.05) is 0 Å². The number of ether oxygens (including phenoxy) is 3. The Bertz CT molecular complexity index is 1520. The molecule has 3 aromatic rings. The number of rotatable bonds is 30. The van der Waals surface area contributed by atoms with Crippen LogP contribution in [0.3, 0.4) is 0 Å². The fourth-order valence-corrected chi connectivity index (χ4v) is 8.39. The number of unbranched alkanes of at least 4 members (excludes halogenated alkanes) is 15. The number of carbonyl (C=O) groups excluding carboxylic acids is 2. The molecule has 0 aliphatic carbocycles. The predicted molar refractivity (Wildman–Crippen MR) is 241 cm³/mol. The van der Waals surface area contributed by atoms with Crippen molar-refractivity contribution in [2.45, 2.75) is 175 Å². The molecule has 1 saturated heterocycles. The van der Waals surface area contributed by atoms with Crippen molar-refractivity contribution < 1.29 is 23.8 Å². The van der Waals surface area contributed by atoms with Crippen molar-refractivity contribution >= 4 is 11.9 Å². The zero-order chi connectivity index (χ0) is 41.2. The van der Waals surface area contributed by atoms with E-state index in [0.717, 1.165) is 74.2 Å². The summed E-state index contributed by atoms with van der Waals surface area (Å²) in [6, 6.07) is 23.5. The van der Waals surface area contributed by atoms with Gasteiger partial charge in [0.25, 0.3) is 0 Å². The molecule has 58 heavy (non-hydrogen) atoms. The van der Waals surface area contributed by atoms with Crippen LogP contribution in [0.1, 0.15) is 178 Å². The maximum absolute atomic E-state index is 13.4. The molecule has 3 unspecified atom stereocenters. The molecule has 0 spiro atoms. The van der Waals surface area contributed by atoms with Gasteiger partial charge < -0.3 is 14.2 Å². The molecule has 6 nitrogen and oxygen atoms in total. The molecule has 0 radical (unpaired) electrons. The van der Waals surface area contributed by atoms with E-state index in [1.54, 1.807) is 24.3 Å². The summed E-state index contributed by atoms with van der Waals surface area (Å²) in [6.07, 6.45) is 25.7. The van der Waals surface area contributed by atoms with Crippen LogP contribution in [0.15, 0.2) is 72.8 Å². The lowest BCUT2D eigenvalue weighted by Gasteiger charge is -2.28. The summed E-state index contributed by atoms with van der Waals surface area (Å²) in [6.45, 7) is 11.8. The number of esters is 2. The number of likely N-dealkylation sites (tertiary alicyclic amines) is 1. The summed E-state index contributed by atoms with van der Waals surface area (Å²) in [5.74, 6) is 2.05. The van der Waals surface area contributed by atoms with Gasteiger partial charge >= 0.3 is 11.9 Å². The van der Waals surface area contributed by atoms with Gasteiger partial charge in [-0.3, -0.25) is 9.69 Å². The van der Waals surface area contributed by atoms with E-state index in [1.165, 1.54) is 96.3 Å². The van der Waals surface area contributed by atoms with Crippen molar-refractivity contribution in [1.82, 2.24) is 4.90 Å². The molecule has 0 saturated carbocycles. The van der Waals surface area contributed by atoms with E-state index in [2.05, 4.69) is 81.1 Å². The average Bonchev–Trinajstić information content (AvgIpc) is 3.68. The van der Waals surface area contributed by atoms with Crippen LogP contribution in [0, 0.1) is 11.8 Å². The average molecular weight is 796 g/mol. The maximum atomic E-state index is 13.4. The van der Waals surface area contributed by atoms with E-state index in [-0.39, 0.29) is 24.6 Å². The Hall–Kier alpha value is -3.64. The lowest BCUT2D eigenvalue weighted by Crippen LogP contribution is -2.37. The third-order valence-corrected chi connectivity index (χ3v) is 12.2. The van der Waals surface area contributed by atoms with Gasteiger partial charge in [-0.2, -0.15) is 0 Å². The minimum atomic E-state index is -0.312. The molecule has 1 heterocycles. The second-order valence-corrected chi connectivity index (χ2v) is 16.8. The molecule has 6 heteroatoms. The predicted octanol–water partition coefficient (Wildman–Crippen LogP) is 14.2. The van der Waals surface area contributed by atoms with Crippen molar-refractivity contribution in [3.05, 3.63) is 83.9 Å². The fraction of sp³-hybridized carbons (Fsp3) is 0.615. The van der Waals surface area contributed by atoms with Gasteiger partial charge in [0.1, 0.15) is 11.5 Å². The largest absolute Gasteiger partial charge is 0.494 e. The molecule has 1 aliphatic rings. The standard InChI is InChI=1S/C52H77NO5/c1-5-9-11-13-15-17-19-21-23-39-56-48-34-30-46(31-35-48)45-28-25-42(26-29-45)27-38-51(54)57-49-36-32-47(33-37-49)52(55)58-50(24-22-20-18-16-14-12-10-6-2)53-40-43(7-3)44(8-4)41-53/h25-26,28-37,43-44,50H,5-24,27,38-41H2,1-4H3. The minimum absolute atomic E-state index is 0.205. The molecule has 4 rings (SSSR count). The molecule has 0 bridgehead atoms. The fourth-order valence-electron chi connectivity index (χ4n) is 8.39. The summed E-state index contributed by atoms with van der Waals surface area (Å²) in [5, 5.41) is 0. The Balaban J connectivity index is 1.17. The van der Waals surface area contributed by atoms with Crippen molar-refractivity contribution in [2.75, 3.05) is 19.7 Å². The van der Waals surface area contributed by atoms with Gasteiger partial charge in [-0.05, 0) is 90.6 Å². The van der Waals surface area contributed by atoms with Gasteiger partial charge in [0.05, 0.1) is 12.2 Å². The number of nitrogens with zero attached hydrogens (tertiary/aromatic N) is 1. The first kappa shape index (κ1) is 47.0. The highest BCUT2D eigenvalue weighted by molar-refractivity contribution is 5.89. The summed E-state index contributed by atoms with van der Waals surface area (Å²) < 4.78 is 17.9. The molecular weight excluding hydrogens is 719 g/mol. The number of carbonyl (C=O) groups is 2. The number of benzene rings is 3. The van der Waals surface area contributed by atoms with Crippen molar-refractivity contribution in [2.24, 2.45) is 11.8 Å². The quantitative estimate of drug-likeness (QED) is 0.0380. The smallest absolute Gasteiger partial charge is 0.339 e. The first-order valence-corrected chi connectivity index (χ1v) is 23.5. The van der Waals surface area contributed by atoms with E-state index < -0.39 is 0 Å². The van der Waals surface area contributed by atoms with E-state index >= 15 is 0 Å². The molecule has 3 aromatic carbocycles. The SMILES string of the molecule is CCCCCCCCCCCOc1ccc(-c2ccc(CCC(=O)Oc3ccc(C(=O)OC(CCCCCCCCCC)N4CC(CC)C(CC)C4)cc3)cc2)cc1. The first-order chi connectivity index (χ1) is 28.4. The topological polar surface area (TPSA) is 65.1 Å². The molecule has 0 N–H and O–H groups in total. The van der Waals surface area contributed by atoms with Gasteiger partial charge in [-0.1, -0.05) is 173 Å². The van der Waals surface area contributed by atoms with Crippen LogP contribution in [0.4, 0.5) is 0 Å². The van der Waals surface area contributed by atoms with E-state index in [4.69, 9.17) is 14.2 Å². The van der Waals surface area contributed by atoms with Crippen LogP contribution >= 0.6 is 0 Å². The summed E-state index contributed by atoms with van der Waals surface area (Å²) >= 11 is 0. The number of hydrogen-bond acceptors (Lipinski definition) is 6. The molecule has 0 aromatic heterocycles. The number of aryl methyl sites for hydroxylation is 1. The Morgan fingerprint density at radius 3 is 1.60 bits per heavy atom. The van der Waals surface area contributed by atoms with Gasteiger partial charge in [0.2, 0.25) is 0 Å². The van der Waals surface area contributed by atoms with Crippen LogP contribution in [-0.2, 0) is 16.0 Å². The van der Waals surface area contributed by atoms with Crippen molar-refractivity contribution in [1.29, 1.82) is 0 Å². The van der Waals surface area contributed by atoms with Crippen LogP contribution < -0.4 is 9.47 Å². The van der Waals surface area contributed by atoms with Crippen molar-refractivity contribution in [3.8, 4) is 22.6 Å². The molecule has 1 aliphatic heterocycles. The second kappa shape index (κ2) is 27.9. The summed E-state index contributed by atoms with van der Waals surface area (Å²) in [5.41, 5.74) is 3.83. The van der Waals surface area contributed by atoms with Crippen LogP contribution in [0.5, 0.6) is 11.5 Å². The zero-order valence-electron chi connectivity index (χ0n) is 36.8. The third kappa shape index (κ3) is 17.3. The molecule has 320 valence electrons. The summed E-state index contributed by atoms with van der Waals surface area (Å²) in [7, 11) is 0. The van der Waals surface area contributed by atoms with Crippen LogP contribution in [0.2, 0.25) is 0 Å². The lowest BCUT2D eigenvalue weighted by atomic mass is 9.92. The normalized spacial score (nSPS) is 16.0. The first-order valence-electron chi connectivity index (χ1n) is 23.5. The maximum Gasteiger partial charge on any atom is 0.339 e. The van der Waals surface area contributed by atoms with Crippen LogP contribution in [-0.4, -0.2) is 42.8 Å². The van der Waals surface area contributed by atoms with Gasteiger partial charge in [0.15, 0.2) is 6.23 Å². The molecule has 3 atom stereocenters. The zero-order valence-corrected chi connectivity index (χ0v) is 36.8. The van der Waals surface area contributed by atoms with E-state index in [0.29, 0.717) is 29.6 Å². The van der Waals surface area contributed by atoms with Gasteiger partial charge in [-0.25, -0.2) is 4.79 Å². The molecule has 1 fully saturated rings. The van der Waals surface area contributed by atoms with Gasteiger partial charge in [-0.15, -0.1) is 0 Å². The Morgan fingerprint density at radius 2 is 1.07 bits per heavy atom. The Labute approximate surface area is 352 Å². The monoisotopic (exact) mass is 796 g/mol. The molecular formula is C52H77NO5. The second-order valence-electron chi connectivity index (χ2n) is 16.8. The van der Waals surface area contributed by atoms with Gasteiger partial charge in [0, 0.05) is 19.5 Å². The van der Waals surface area contributed by atoms with Crippen molar-refractivity contribution in [3.63, 3.8) is 0 Å². The Morgan fingerprint density at radius 1 is 0.586 bits per heavy atom. The lowest BCUT2D eigenvalue weighted by molar-refractivity contribution is -0.134. The van der Waals surface area contributed by atoms with Crippen LogP contribution in [0.25, 0.3) is 11.1 Å². The highest BCUT2D eigenvalue weighted by atomic mass is 16.6. The highest BCUT2D eigenvalue weighted by Gasteiger charge is 2.35.